The van der Waals surface area contributed by atoms with E-state index < -0.39 is 10.9 Å². The van der Waals surface area contributed by atoms with E-state index in [9.17, 15) is 19.3 Å². The Hall–Kier alpha value is -3.54. The molecule has 1 atom stereocenters. The van der Waals surface area contributed by atoms with Gasteiger partial charge in [-0.25, -0.2) is 9.18 Å². The summed E-state index contributed by atoms with van der Waals surface area (Å²) in [6.07, 6.45) is 1.30. The average Bonchev–Trinajstić information content (AvgIpc) is 2.77. The van der Waals surface area contributed by atoms with Crippen LogP contribution in [-0.4, -0.2) is 17.5 Å². The van der Waals surface area contributed by atoms with Crippen molar-refractivity contribution >= 4 is 11.7 Å². The van der Waals surface area contributed by atoms with E-state index in [1.807, 2.05) is 6.92 Å². The number of rotatable bonds is 8. The number of esters is 1. The van der Waals surface area contributed by atoms with Crippen molar-refractivity contribution in [3.05, 3.63) is 99.9 Å². The molecule has 5 nitrogen and oxygen atoms in total. The number of carbonyl (C=O) groups excluding carboxylic acids is 1. The first kappa shape index (κ1) is 21.2. The molecule has 0 spiro atoms. The summed E-state index contributed by atoms with van der Waals surface area (Å²) in [5.41, 5.74) is 2.74. The van der Waals surface area contributed by atoms with E-state index in [1.165, 1.54) is 18.2 Å². The Bertz CT molecular complexity index is 1020. The van der Waals surface area contributed by atoms with Crippen LogP contribution in [-0.2, 0) is 4.74 Å². The van der Waals surface area contributed by atoms with E-state index >= 15 is 0 Å². The van der Waals surface area contributed by atoms with Gasteiger partial charge in [-0.05, 0) is 65.8 Å². The molecule has 0 amide bonds. The summed E-state index contributed by atoms with van der Waals surface area (Å²) in [6, 6.07) is 19.7. The maximum absolute atomic E-state index is 14.0. The Labute approximate surface area is 174 Å². The number of hydrogen-bond donors (Lipinski definition) is 0. The maximum Gasteiger partial charge on any atom is 0.338 e. The van der Waals surface area contributed by atoms with Crippen LogP contribution in [0.2, 0.25) is 0 Å². The van der Waals surface area contributed by atoms with E-state index in [-0.39, 0.29) is 24.0 Å². The van der Waals surface area contributed by atoms with Crippen LogP contribution in [0.4, 0.5) is 10.1 Å². The smallest absolute Gasteiger partial charge is 0.338 e. The zero-order valence-corrected chi connectivity index (χ0v) is 16.6. The highest BCUT2D eigenvalue weighted by Gasteiger charge is 2.15. The maximum atomic E-state index is 14.0. The topological polar surface area (TPSA) is 69.4 Å². The van der Waals surface area contributed by atoms with Crippen molar-refractivity contribution in [2.24, 2.45) is 0 Å². The zero-order valence-electron chi connectivity index (χ0n) is 16.6. The number of nitro groups is 1. The number of nitrogens with zero attached hydrogens (tertiary/aromatic N) is 1. The van der Waals surface area contributed by atoms with Gasteiger partial charge < -0.3 is 4.74 Å². The van der Waals surface area contributed by atoms with Crippen molar-refractivity contribution in [2.45, 2.75) is 25.7 Å². The van der Waals surface area contributed by atoms with Crippen molar-refractivity contribution in [3.8, 4) is 11.1 Å². The monoisotopic (exact) mass is 407 g/mol. The minimum atomic E-state index is -0.446. The van der Waals surface area contributed by atoms with Gasteiger partial charge in [-0.2, -0.15) is 0 Å². The normalized spacial score (nSPS) is 11.7. The minimum Gasteiger partial charge on any atom is -0.462 e. The first-order chi connectivity index (χ1) is 14.5. The predicted octanol–water partition coefficient (Wildman–Crippen LogP) is 6.14. The van der Waals surface area contributed by atoms with Crippen LogP contribution in [0.5, 0.6) is 0 Å². The number of hydrogen-bond acceptors (Lipinski definition) is 4. The van der Waals surface area contributed by atoms with Gasteiger partial charge in [-0.15, -0.1) is 0 Å². The summed E-state index contributed by atoms with van der Waals surface area (Å²) in [5.74, 6) is -0.686. The lowest BCUT2D eigenvalue weighted by Crippen LogP contribution is -2.10. The van der Waals surface area contributed by atoms with Crippen LogP contribution in [0, 0.1) is 15.9 Å². The van der Waals surface area contributed by atoms with Crippen LogP contribution < -0.4 is 0 Å². The van der Waals surface area contributed by atoms with Crippen molar-refractivity contribution in [1.82, 2.24) is 0 Å². The second kappa shape index (κ2) is 9.78. The molecule has 0 N–H and O–H groups in total. The molecular weight excluding hydrogens is 385 g/mol. The summed E-state index contributed by atoms with van der Waals surface area (Å²) >= 11 is 0. The van der Waals surface area contributed by atoms with Crippen molar-refractivity contribution in [2.75, 3.05) is 6.61 Å². The third-order valence-electron chi connectivity index (χ3n) is 5.07. The van der Waals surface area contributed by atoms with Crippen molar-refractivity contribution in [3.63, 3.8) is 0 Å². The molecule has 0 heterocycles. The van der Waals surface area contributed by atoms with E-state index in [2.05, 4.69) is 0 Å². The number of benzene rings is 3. The first-order valence-electron chi connectivity index (χ1n) is 9.76. The van der Waals surface area contributed by atoms with E-state index in [4.69, 9.17) is 4.74 Å². The molecule has 0 bridgehead atoms. The molecule has 0 aromatic heterocycles. The first-order valence-corrected chi connectivity index (χ1v) is 9.76. The molecule has 0 unspecified atom stereocenters. The molecule has 3 aromatic carbocycles. The van der Waals surface area contributed by atoms with Crippen LogP contribution in [0.3, 0.4) is 0 Å². The Morgan fingerprint density at radius 3 is 2.17 bits per heavy atom. The van der Waals surface area contributed by atoms with Gasteiger partial charge >= 0.3 is 5.97 Å². The largest absolute Gasteiger partial charge is 0.462 e. The second-order valence-electron chi connectivity index (χ2n) is 6.93. The summed E-state index contributed by atoms with van der Waals surface area (Å²) < 4.78 is 19.3. The molecule has 30 heavy (non-hydrogen) atoms. The summed E-state index contributed by atoms with van der Waals surface area (Å²) in [4.78, 5) is 22.6. The lowest BCUT2D eigenvalue weighted by atomic mass is 9.93. The van der Waals surface area contributed by atoms with Gasteiger partial charge in [-0.1, -0.05) is 37.3 Å². The van der Waals surface area contributed by atoms with Crippen molar-refractivity contribution < 1.29 is 18.8 Å². The standard InChI is InChI=1S/C24H22FNO4/c1-2-17(22-5-3-4-6-23(22)25)15-16-30-24(27)20-9-7-18(8-10-20)19-11-13-21(14-12-19)26(28)29/h3-14,17H,2,15-16H2,1H3/t17-/m1/s1. The Balaban J connectivity index is 1.58. The lowest BCUT2D eigenvalue weighted by Gasteiger charge is -2.16. The summed E-state index contributed by atoms with van der Waals surface area (Å²) in [6.45, 7) is 2.19. The highest BCUT2D eigenvalue weighted by atomic mass is 19.1. The quantitative estimate of drug-likeness (QED) is 0.255. The van der Waals surface area contributed by atoms with Gasteiger partial charge in [0.1, 0.15) is 5.82 Å². The number of halogens is 1. The molecule has 6 heteroatoms. The Morgan fingerprint density at radius 1 is 1.00 bits per heavy atom. The number of non-ortho nitro benzene ring substituents is 1. The van der Waals surface area contributed by atoms with E-state index in [0.717, 1.165) is 17.5 Å². The third kappa shape index (κ3) is 5.08. The zero-order chi connectivity index (χ0) is 21.5. The minimum absolute atomic E-state index is 0.0106. The fraction of sp³-hybridized carbons (Fsp3) is 0.208. The molecule has 0 radical (unpaired) electrons. The van der Waals surface area contributed by atoms with Gasteiger partial charge in [0, 0.05) is 12.1 Å². The molecular formula is C24H22FNO4. The van der Waals surface area contributed by atoms with Crippen LogP contribution in [0.25, 0.3) is 11.1 Å². The highest BCUT2D eigenvalue weighted by Crippen LogP contribution is 2.26. The molecule has 0 aliphatic carbocycles. The van der Waals surface area contributed by atoms with Crippen LogP contribution >= 0.6 is 0 Å². The van der Waals surface area contributed by atoms with E-state index in [1.54, 1.807) is 54.6 Å². The van der Waals surface area contributed by atoms with Gasteiger partial charge in [0.2, 0.25) is 0 Å². The highest BCUT2D eigenvalue weighted by molar-refractivity contribution is 5.90. The number of ether oxygens (including phenoxy) is 1. The number of nitro benzene ring substituents is 1. The van der Waals surface area contributed by atoms with Crippen LogP contribution in [0.15, 0.2) is 72.8 Å². The molecule has 0 aliphatic rings. The Kier molecular flexibility index (Phi) is 6.91. The van der Waals surface area contributed by atoms with Gasteiger partial charge in [0.05, 0.1) is 17.1 Å². The Morgan fingerprint density at radius 2 is 1.60 bits per heavy atom. The fourth-order valence-electron chi connectivity index (χ4n) is 3.34. The summed E-state index contributed by atoms with van der Waals surface area (Å²) in [7, 11) is 0. The second-order valence-corrected chi connectivity index (χ2v) is 6.93. The van der Waals surface area contributed by atoms with E-state index in [0.29, 0.717) is 17.5 Å². The molecule has 3 rings (SSSR count). The number of carbonyl (C=O) groups is 1. The van der Waals surface area contributed by atoms with Gasteiger partial charge in [0.15, 0.2) is 0 Å². The molecule has 0 saturated carbocycles. The van der Waals surface area contributed by atoms with Gasteiger partial charge in [-0.3, -0.25) is 10.1 Å². The fourth-order valence-corrected chi connectivity index (χ4v) is 3.34. The predicted molar refractivity (Wildman–Crippen MR) is 113 cm³/mol. The van der Waals surface area contributed by atoms with Gasteiger partial charge in [0.25, 0.3) is 5.69 Å². The van der Waals surface area contributed by atoms with Crippen LogP contribution in [0.1, 0.15) is 41.6 Å². The van der Waals surface area contributed by atoms with Crippen molar-refractivity contribution in [1.29, 1.82) is 0 Å². The SMILES string of the molecule is CC[C@H](CCOC(=O)c1ccc(-c2ccc([N+](=O)[O-])cc2)cc1)c1ccccc1F. The molecule has 0 aliphatic heterocycles. The summed E-state index contributed by atoms with van der Waals surface area (Å²) in [5, 5.41) is 10.7. The third-order valence-corrected chi connectivity index (χ3v) is 5.07. The molecule has 3 aromatic rings. The lowest BCUT2D eigenvalue weighted by molar-refractivity contribution is -0.384. The molecule has 154 valence electrons. The average molecular weight is 407 g/mol. The molecule has 0 saturated heterocycles. The molecule has 0 fully saturated rings.